The molecule has 14 heavy (non-hydrogen) atoms. The smallest absolute Gasteiger partial charge is 0.183 e. The van der Waals surface area contributed by atoms with Gasteiger partial charge in [0.15, 0.2) is 4.47 Å². The van der Waals surface area contributed by atoms with Crippen molar-refractivity contribution in [2.24, 2.45) is 11.7 Å². The standard InChI is InChI=1S/C9H14ClN3S/c10-9-12-4-8(14-9)6-13-2-1-7(3-11)5-13/h4,7H,1-3,5-6,11H2/t7-/m0/s1. The Morgan fingerprint density at radius 2 is 2.57 bits per heavy atom. The zero-order valence-corrected chi connectivity index (χ0v) is 9.52. The minimum atomic E-state index is 0.634. The summed E-state index contributed by atoms with van der Waals surface area (Å²) in [6.45, 7) is 4.05. The maximum Gasteiger partial charge on any atom is 0.183 e. The summed E-state index contributed by atoms with van der Waals surface area (Å²) < 4.78 is 0.634. The van der Waals surface area contributed by atoms with Gasteiger partial charge >= 0.3 is 0 Å². The van der Waals surface area contributed by atoms with Crippen LogP contribution in [0.25, 0.3) is 0 Å². The van der Waals surface area contributed by atoms with Gasteiger partial charge < -0.3 is 5.73 Å². The van der Waals surface area contributed by atoms with Crippen LogP contribution in [0.5, 0.6) is 0 Å². The highest BCUT2D eigenvalue weighted by atomic mass is 35.5. The van der Waals surface area contributed by atoms with Crippen molar-refractivity contribution >= 4 is 22.9 Å². The number of nitrogens with two attached hydrogens (primary N) is 1. The lowest BCUT2D eigenvalue weighted by atomic mass is 10.1. The molecule has 1 aromatic heterocycles. The molecule has 1 saturated heterocycles. The Morgan fingerprint density at radius 1 is 1.71 bits per heavy atom. The molecule has 0 aromatic carbocycles. The average Bonchev–Trinajstić information content (AvgIpc) is 2.76. The first-order valence-corrected chi connectivity index (χ1v) is 6.00. The van der Waals surface area contributed by atoms with Crippen LogP contribution in [0.4, 0.5) is 0 Å². The van der Waals surface area contributed by atoms with Gasteiger partial charge in [-0.05, 0) is 25.4 Å². The van der Waals surface area contributed by atoms with E-state index >= 15 is 0 Å². The van der Waals surface area contributed by atoms with E-state index in [1.54, 1.807) is 11.3 Å². The lowest BCUT2D eigenvalue weighted by Gasteiger charge is -2.13. The number of thiazole rings is 1. The molecule has 0 unspecified atom stereocenters. The largest absolute Gasteiger partial charge is 0.330 e. The van der Waals surface area contributed by atoms with Crippen LogP contribution in [0.2, 0.25) is 4.47 Å². The Balaban J connectivity index is 1.87. The SMILES string of the molecule is NC[C@@H]1CCN(Cc2cnc(Cl)s2)C1. The Bertz CT molecular complexity index is 302. The van der Waals surface area contributed by atoms with Gasteiger partial charge in [-0.25, -0.2) is 4.98 Å². The molecule has 0 radical (unpaired) electrons. The summed E-state index contributed by atoms with van der Waals surface area (Å²) >= 11 is 7.34. The molecule has 2 rings (SSSR count). The summed E-state index contributed by atoms with van der Waals surface area (Å²) in [5.41, 5.74) is 5.64. The summed E-state index contributed by atoms with van der Waals surface area (Å²) in [6, 6.07) is 0. The molecule has 2 N–H and O–H groups in total. The van der Waals surface area contributed by atoms with Gasteiger partial charge in [0.1, 0.15) is 0 Å². The van der Waals surface area contributed by atoms with Crippen LogP contribution in [0.3, 0.4) is 0 Å². The maximum absolute atomic E-state index is 5.77. The first kappa shape index (κ1) is 10.4. The second-order valence-corrected chi connectivity index (χ2v) is 5.40. The fourth-order valence-electron chi connectivity index (χ4n) is 1.83. The first-order chi connectivity index (χ1) is 6.78. The van der Waals surface area contributed by atoms with Crippen molar-refractivity contribution in [2.45, 2.75) is 13.0 Å². The second kappa shape index (κ2) is 4.57. The van der Waals surface area contributed by atoms with Gasteiger partial charge in [0.05, 0.1) is 0 Å². The third kappa shape index (κ3) is 2.45. The molecule has 1 aromatic rings. The molecule has 78 valence electrons. The molecular formula is C9H14ClN3S. The Hall–Kier alpha value is -0.160. The number of rotatable bonds is 3. The third-order valence-electron chi connectivity index (χ3n) is 2.61. The molecule has 1 atom stereocenters. The van der Waals surface area contributed by atoms with Crippen molar-refractivity contribution in [1.82, 2.24) is 9.88 Å². The van der Waals surface area contributed by atoms with Crippen LogP contribution in [0.15, 0.2) is 6.20 Å². The van der Waals surface area contributed by atoms with Gasteiger partial charge in [-0.1, -0.05) is 11.6 Å². The molecule has 0 spiro atoms. The monoisotopic (exact) mass is 231 g/mol. The number of aromatic nitrogens is 1. The van der Waals surface area contributed by atoms with Crippen LogP contribution >= 0.6 is 22.9 Å². The predicted molar refractivity (Wildman–Crippen MR) is 59.6 cm³/mol. The summed E-state index contributed by atoms with van der Waals surface area (Å²) in [4.78, 5) is 7.69. The Labute approximate surface area is 92.9 Å². The molecule has 3 nitrogen and oxygen atoms in total. The van der Waals surface area contributed by atoms with Gasteiger partial charge in [0, 0.05) is 24.2 Å². The van der Waals surface area contributed by atoms with E-state index < -0.39 is 0 Å². The highest BCUT2D eigenvalue weighted by Gasteiger charge is 2.21. The number of nitrogens with zero attached hydrogens (tertiary/aromatic N) is 2. The maximum atomic E-state index is 5.77. The summed E-state index contributed by atoms with van der Waals surface area (Å²) in [5.74, 6) is 0.679. The van der Waals surface area contributed by atoms with E-state index in [2.05, 4.69) is 9.88 Å². The normalized spacial score (nSPS) is 23.1. The topological polar surface area (TPSA) is 42.1 Å². The molecule has 1 aliphatic heterocycles. The van der Waals surface area contributed by atoms with Crippen molar-refractivity contribution < 1.29 is 0 Å². The lowest BCUT2D eigenvalue weighted by Crippen LogP contribution is -2.22. The lowest BCUT2D eigenvalue weighted by molar-refractivity contribution is 0.320. The molecular weight excluding hydrogens is 218 g/mol. The van der Waals surface area contributed by atoms with Gasteiger partial charge in [0.2, 0.25) is 0 Å². The molecule has 2 heterocycles. The van der Waals surface area contributed by atoms with E-state index in [1.165, 1.54) is 11.3 Å². The quantitative estimate of drug-likeness (QED) is 0.859. The van der Waals surface area contributed by atoms with Crippen LogP contribution in [0.1, 0.15) is 11.3 Å². The molecule has 1 fully saturated rings. The second-order valence-electron chi connectivity index (χ2n) is 3.71. The predicted octanol–water partition coefficient (Wildman–Crippen LogP) is 1.58. The van der Waals surface area contributed by atoms with Crippen molar-refractivity contribution in [3.05, 3.63) is 15.5 Å². The van der Waals surface area contributed by atoms with Gasteiger partial charge in [-0.2, -0.15) is 0 Å². The van der Waals surface area contributed by atoms with Gasteiger partial charge in [0.25, 0.3) is 0 Å². The van der Waals surface area contributed by atoms with Gasteiger partial charge in [-0.3, -0.25) is 4.90 Å². The van der Waals surface area contributed by atoms with Crippen molar-refractivity contribution in [3.8, 4) is 0 Å². The van der Waals surface area contributed by atoms with Crippen LogP contribution in [0, 0.1) is 5.92 Å². The number of likely N-dealkylation sites (tertiary alicyclic amines) is 1. The minimum Gasteiger partial charge on any atom is -0.330 e. The molecule has 0 saturated carbocycles. The van der Waals surface area contributed by atoms with Crippen LogP contribution in [-0.4, -0.2) is 29.5 Å². The summed E-state index contributed by atoms with van der Waals surface area (Å²) in [7, 11) is 0. The third-order valence-corrected chi connectivity index (χ3v) is 3.71. The average molecular weight is 232 g/mol. The Kier molecular flexibility index (Phi) is 3.38. The molecule has 0 amide bonds. The highest BCUT2D eigenvalue weighted by Crippen LogP contribution is 2.22. The van der Waals surface area contributed by atoms with Crippen LogP contribution in [-0.2, 0) is 6.54 Å². The highest BCUT2D eigenvalue weighted by molar-refractivity contribution is 7.15. The number of hydrogen-bond donors (Lipinski definition) is 1. The molecule has 1 aliphatic rings. The van der Waals surface area contributed by atoms with E-state index in [1.807, 2.05) is 6.20 Å². The number of halogens is 1. The van der Waals surface area contributed by atoms with Crippen LogP contribution < -0.4 is 5.73 Å². The minimum absolute atomic E-state index is 0.634. The van der Waals surface area contributed by atoms with E-state index in [9.17, 15) is 0 Å². The summed E-state index contributed by atoms with van der Waals surface area (Å²) in [5, 5.41) is 0. The van der Waals surface area contributed by atoms with Crippen molar-refractivity contribution in [2.75, 3.05) is 19.6 Å². The zero-order valence-electron chi connectivity index (χ0n) is 7.95. The van der Waals surface area contributed by atoms with Crippen molar-refractivity contribution in [1.29, 1.82) is 0 Å². The molecule has 0 aliphatic carbocycles. The zero-order chi connectivity index (χ0) is 9.97. The van der Waals surface area contributed by atoms with Crippen molar-refractivity contribution in [3.63, 3.8) is 0 Å². The fourth-order valence-corrected chi connectivity index (χ4v) is 2.85. The molecule has 5 heteroatoms. The molecule has 0 bridgehead atoms. The van der Waals surface area contributed by atoms with E-state index in [4.69, 9.17) is 17.3 Å². The van der Waals surface area contributed by atoms with Gasteiger partial charge in [-0.15, -0.1) is 11.3 Å². The van der Waals surface area contributed by atoms with E-state index in [0.717, 1.165) is 26.2 Å². The first-order valence-electron chi connectivity index (χ1n) is 4.80. The fraction of sp³-hybridized carbons (Fsp3) is 0.667. The van der Waals surface area contributed by atoms with E-state index in [-0.39, 0.29) is 0 Å². The van der Waals surface area contributed by atoms with E-state index in [0.29, 0.717) is 10.4 Å². The summed E-state index contributed by atoms with van der Waals surface area (Å²) in [6.07, 6.45) is 3.09. The Morgan fingerprint density at radius 3 is 3.14 bits per heavy atom. The number of hydrogen-bond acceptors (Lipinski definition) is 4.